The molecule has 132 valence electrons. The van der Waals surface area contributed by atoms with Crippen LogP contribution in [0.2, 0.25) is 0 Å². The highest BCUT2D eigenvalue weighted by molar-refractivity contribution is 5.99. The van der Waals surface area contributed by atoms with Gasteiger partial charge in [-0.15, -0.1) is 0 Å². The van der Waals surface area contributed by atoms with Gasteiger partial charge in [-0.3, -0.25) is 0 Å². The van der Waals surface area contributed by atoms with Crippen molar-refractivity contribution in [3.63, 3.8) is 0 Å². The molecule has 10 heteroatoms. The molecule has 1 aliphatic carbocycles. The van der Waals surface area contributed by atoms with E-state index in [9.17, 15) is 35.9 Å². The summed E-state index contributed by atoms with van der Waals surface area (Å²) < 4.78 is 76.8. The van der Waals surface area contributed by atoms with Crippen molar-refractivity contribution in [3.8, 4) is 0 Å². The predicted molar refractivity (Wildman–Crippen MR) is 64.5 cm³/mol. The van der Waals surface area contributed by atoms with E-state index in [-0.39, 0.29) is 12.8 Å². The van der Waals surface area contributed by atoms with Crippen LogP contribution in [0.25, 0.3) is 0 Å². The summed E-state index contributed by atoms with van der Waals surface area (Å²) in [6.07, 6.45) is -10.3. The number of carboxylic acid groups (broad SMARTS) is 2. The first kappa shape index (κ1) is 19.3. The minimum atomic E-state index is -5.96. The molecule has 0 heterocycles. The normalized spacial score (nSPS) is 18.7. The van der Waals surface area contributed by atoms with Crippen LogP contribution in [0.1, 0.15) is 32.1 Å². The predicted octanol–water partition coefficient (Wildman–Crippen LogP) is 3.77. The van der Waals surface area contributed by atoms with Crippen molar-refractivity contribution in [2.45, 2.75) is 44.5 Å². The highest BCUT2D eigenvalue weighted by atomic mass is 19.4. The lowest BCUT2D eigenvalue weighted by Crippen LogP contribution is -2.42. The van der Waals surface area contributed by atoms with Crippen LogP contribution in [-0.2, 0) is 9.59 Å². The van der Waals surface area contributed by atoms with E-state index in [4.69, 9.17) is 10.2 Å². The Morgan fingerprint density at radius 1 is 0.826 bits per heavy atom. The Kier molecular flexibility index (Phi) is 5.70. The molecule has 0 aliphatic heterocycles. The van der Waals surface area contributed by atoms with E-state index in [2.05, 4.69) is 0 Å². The average Bonchev–Trinajstić information content (AvgIpc) is 2.35. The molecule has 23 heavy (non-hydrogen) atoms. The molecule has 0 amide bonds. The molecule has 1 aliphatic rings. The average molecular weight is 348 g/mol. The number of carbonyl (C=O) groups is 2. The fraction of sp³-hybridized carbons (Fsp3) is 0.692. The Balaban J connectivity index is 3.59. The number of hydrogen-bond donors (Lipinski definition) is 2. The maximum Gasteiger partial charge on any atom is 0.404 e. The molecule has 2 N–H and O–H groups in total. The Morgan fingerprint density at radius 3 is 1.57 bits per heavy atom. The second kappa shape index (κ2) is 6.79. The zero-order chi connectivity index (χ0) is 18.0. The fourth-order valence-corrected chi connectivity index (χ4v) is 2.81. The molecule has 0 aromatic carbocycles. The van der Waals surface area contributed by atoms with Gasteiger partial charge in [0.25, 0.3) is 0 Å². The van der Waals surface area contributed by atoms with Gasteiger partial charge in [0.1, 0.15) is 0 Å². The van der Waals surface area contributed by atoms with Gasteiger partial charge in [0.2, 0.25) is 0 Å². The van der Waals surface area contributed by atoms with Crippen LogP contribution >= 0.6 is 0 Å². The van der Waals surface area contributed by atoms with Crippen molar-refractivity contribution in [1.82, 2.24) is 0 Å². The first-order chi connectivity index (χ1) is 10.4. The number of halogens is 6. The van der Waals surface area contributed by atoms with E-state index in [1.54, 1.807) is 0 Å². The molecule has 1 rings (SSSR count). The van der Waals surface area contributed by atoms with Crippen molar-refractivity contribution in [1.29, 1.82) is 0 Å². The molecule has 0 unspecified atom stereocenters. The minimum absolute atomic E-state index is 0.0425. The van der Waals surface area contributed by atoms with E-state index < -0.39 is 47.3 Å². The molecule has 0 bridgehead atoms. The number of carboxylic acids is 2. The maximum atomic E-state index is 12.8. The summed E-state index contributed by atoms with van der Waals surface area (Å²) in [6, 6.07) is 0. The van der Waals surface area contributed by atoms with E-state index in [0.717, 1.165) is 0 Å². The zero-order valence-corrected chi connectivity index (χ0v) is 11.7. The molecule has 0 aromatic heterocycles. The smallest absolute Gasteiger partial charge is 0.404 e. The van der Waals surface area contributed by atoms with E-state index in [1.165, 1.54) is 0 Å². The quantitative estimate of drug-likeness (QED) is 0.599. The highest BCUT2D eigenvalue weighted by Gasteiger charge is 2.61. The number of aliphatic carboxylic acids is 2. The lowest BCUT2D eigenvalue weighted by atomic mass is 9.79. The lowest BCUT2D eigenvalue weighted by Gasteiger charge is -2.28. The summed E-state index contributed by atoms with van der Waals surface area (Å²) in [5, 5.41) is 18.0. The van der Waals surface area contributed by atoms with Gasteiger partial charge in [0.15, 0.2) is 5.92 Å². The van der Waals surface area contributed by atoms with E-state index >= 15 is 0 Å². The van der Waals surface area contributed by atoms with Crippen LogP contribution in [0.3, 0.4) is 0 Å². The fourth-order valence-electron chi connectivity index (χ4n) is 2.81. The van der Waals surface area contributed by atoms with E-state index in [1.807, 2.05) is 0 Å². The first-order valence-electron chi connectivity index (χ1n) is 6.71. The van der Waals surface area contributed by atoms with Crippen molar-refractivity contribution >= 4 is 11.9 Å². The first-order valence-corrected chi connectivity index (χ1v) is 6.71. The van der Waals surface area contributed by atoms with Crippen LogP contribution in [0, 0.1) is 11.8 Å². The summed E-state index contributed by atoms with van der Waals surface area (Å²) in [5.41, 5.74) is -3.43. The molecule has 4 nitrogen and oxygen atoms in total. The summed E-state index contributed by atoms with van der Waals surface area (Å²) >= 11 is 0. The molecule has 1 saturated carbocycles. The summed E-state index contributed by atoms with van der Waals surface area (Å²) in [4.78, 5) is 22.3. The summed E-state index contributed by atoms with van der Waals surface area (Å²) in [6.45, 7) is 0. The Labute approximate surface area is 126 Å². The van der Waals surface area contributed by atoms with Gasteiger partial charge in [0, 0.05) is 0 Å². The number of rotatable bonds is 4. The van der Waals surface area contributed by atoms with Gasteiger partial charge in [-0.05, 0) is 18.8 Å². The van der Waals surface area contributed by atoms with Gasteiger partial charge in [-0.25, -0.2) is 9.59 Å². The van der Waals surface area contributed by atoms with Crippen LogP contribution < -0.4 is 0 Å². The maximum absolute atomic E-state index is 12.8. The number of alkyl halides is 6. The molecule has 0 spiro atoms. The zero-order valence-electron chi connectivity index (χ0n) is 11.7. The molecule has 0 aromatic rings. The molecule has 1 fully saturated rings. The SMILES string of the molecule is O=C(O)C(=C(C(=O)O)C(C(F)(F)F)C(F)(F)F)C1CCCCC1. The van der Waals surface area contributed by atoms with Crippen LogP contribution in [0.15, 0.2) is 11.1 Å². The van der Waals surface area contributed by atoms with Crippen LogP contribution in [0.5, 0.6) is 0 Å². The molecule has 0 radical (unpaired) electrons. The Hall–Kier alpha value is -1.74. The van der Waals surface area contributed by atoms with Gasteiger partial charge in [-0.2, -0.15) is 26.3 Å². The third kappa shape index (κ3) is 4.61. The van der Waals surface area contributed by atoms with Gasteiger partial charge in [0.05, 0.1) is 11.1 Å². The van der Waals surface area contributed by atoms with E-state index in [0.29, 0.717) is 19.3 Å². The number of hydrogen-bond acceptors (Lipinski definition) is 2. The molecule has 0 atom stereocenters. The highest BCUT2D eigenvalue weighted by Crippen LogP contribution is 2.46. The molecular formula is C13H14F6O4. The third-order valence-electron chi connectivity index (χ3n) is 3.71. The minimum Gasteiger partial charge on any atom is -0.478 e. The lowest BCUT2D eigenvalue weighted by molar-refractivity contribution is -0.272. The van der Waals surface area contributed by atoms with Gasteiger partial charge < -0.3 is 10.2 Å². The van der Waals surface area contributed by atoms with Crippen LogP contribution in [0.4, 0.5) is 26.3 Å². The summed E-state index contributed by atoms with van der Waals surface area (Å²) in [7, 11) is 0. The second-order valence-electron chi connectivity index (χ2n) is 5.29. The molecular weight excluding hydrogens is 334 g/mol. The third-order valence-corrected chi connectivity index (χ3v) is 3.71. The van der Waals surface area contributed by atoms with Crippen molar-refractivity contribution in [2.24, 2.45) is 11.8 Å². The van der Waals surface area contributed by atoms with Gasteiger partial charge >= 0.3 is 24.3 Å². The van der Waals surface area contributed by atoms with Crippen molar-refractivity contribution in [3.05, 3.63) is 11.1 Å². The topological polar surface area (TPSA) is 74.6 Å². The summed E-state index contributed by atoms with van der Waals surface area (Å²) in [5.74, 6) is -10.1. The Morgan fingerprint density at radius 2 is 1.26 bits per heavy atom. The van der Waals surface area contributed by atoms with Crippen LogP contribution in [-0.4, -0.2) is 34.5 Å². The van der Waals surface area contributed by atoms with Crippen molar-refractivity contribution in [2.75, 3.05) is 0 Å². The molecule has 0 saturated heterocycles. The standard InChI is InChI=1S/C13H14F6O4/c14-12(15,16)9(13(17,18)19)8(11(22)23)7(10(20)21)6-4-2-1-3-5-6/h6,9H,1-5H2,(H,20,21)(H,22,23). The monoisotopic (exact) mass is 348 g/mol. The largest absolute Gasteiger partial charge is 0.478 e. The Bertz CT molecular complexity index is 486. The van der Waals surface area contributed by atoms with Crippen molar-refractivity contribution < 1.29 is 46.1 Å². The van der Waals surface area contributed by atoms with Gasteiger partial charge in [-0.1, -0.05) is 19.3 Å². The second-order valence-corrected chi connectivity index (χ2v) is 5.29.